The van der Waals surface area contributed by atoms with Crippen molar-refractivity contribution < 1.29 is 32.6 Å². The van der Waals surface area contributed by atoms with E-state index in [1.54, 1.807) is 11.6 Å². The maximum Gasteiger partial charge on any atom is 0.352 e. The average molecular weight is 527 g/mol. The Morgan fingerprint density at radius 3 is 2.58 bits per heavy atom. The van der Waals surface area contributed by atoms with Crippen LogP contribution in [0.2, 0.25) is 5.02 Å². The van der Waals surface area contributed by atoms with Crippen LogP contribution >= 0.6 is 11.6 Å². The molecule has 1 aromatic carbocycles. The van der Waals surface area contributed by atoms with Gasteiger partial charge in [-0.2, -0.15) is 8.78 Å². The maximum atomic E-state index is 15.1. The van der Waals surface area contributed by atoms with Crippen molar-refractivity contribution in [2.75, 3.05) is 25.2 Å². The molecule has 0 spiro atoms. The van der Waals surface area contributed by atoms with E-state index in [1.165, 1.54) is 18.5 Å². The second-order valence-corrected chi connectivity index (χ2v) is 10.4. The minimum atomic E-state index is -3.91. The highest BCUT2D eigenvalue weighted by Crippen LogP contribution is 2.57. The monoisotopic (exact) mass is 526 g/mol. The Labute approximate surface area is 210 Å². The number of aliphatic hydroxyl groups is 1. The molecular formula is C24H26ClF3N4O4. The Morgan fingerprint density at radius 2 is 1.97 bits per heavy atom. The molecular weight excluding hydrogens is 501 g/mol. The Kier molecular flexibility index (Phi) is 6.29. The van der Waals surface area contributed by atoms with Crippen molar-refractivity contribution in [3.63, 3.8) is 0 Å². The van der Waals surface area contributed by atoms with Gasteiger partial charge in [-0.25, -0.2) is 9.37 Å². The van der Waals surface area contributed by atoms with Gasteiger partial charge in [-0.3, -0.25) is 9.59 Å². The van der Waals surface area contributed by atoms with Crippen molar-refractivity contribution in [3.05, 3.63) is 46.8 Å². The van der Waals surface area contributed by atoms with Gasteiger partial charge in [0, 0.05) is 25.2 Å². The summed E-state index contributed by atoms with van der Waals surface area (Å²) in [6.07, 6.45) is 2.03. The molecule has 2 aliphatic carbocycles. The number of halogens is 4. The van der Waals surface area contributed by atoms with Crippen LogP contribution in [-0.4, -0.2) is 62.8 Å². The van der Waals surface area contributed by atoms with Gasteiger partial charge in [-0.15, -0.1) is 0 Å². The first-order chi connectivity index (χ1) is 17.0. The third-order valence-electron chi connectivity index (χ3n) is 7.68. The SMILES string of the molecule is Cn1cnc(C2CC3CC(O)(C(F)(F)C(=O)N4CCOC4)CC3C2)c1C(=O)Nc1ccc(F)c(Cl)c1. The predicted octanol–water partition coefficient (Wildman–Crippen LogP) is 3.55. The molecule has 2 atom stereocenters. The van der Waals surface area contributed by atoms with E-state index in [9.17, 15) is 19.1 Å². The third-order valence-corrected chi connectivity index (χ3v) is 7.97. The molecule has 8 nitrogen and oxygen atoms in total. The summed E-state index contributed by atoms with van der Waals surface area (Å²) < 4.78 is 50.3. The molecule has 36 heavy (non-hydrogen) atoms. The second kappa shape index (κ2) is 9.04. The number of hydrogen-bond donors (Lipinski definition) is 2. The van der Waals surface area contributed by atoms with Crippen LogP contribution in [0.5, 0.6) is 0 Å². The van der Waals surface area contributed by atoms with Crippen LogP contribution in [0.3, 0.4) is 0 Å². The Morgan fingerprint density at radius 1 is 1.28 bits per heavy atom. The molecule has 3 aliphatic rings. The van der Waals surface area contributed by atoms with Gasteiger partial charge in [0.25, 0.3) is 11.8 Å². The van der Waals surface area contributed by atoms with E-state index in [-0.39, 0.29) is 55.5 Å². The average Bonchev–Trinajstić information content (AvgIpc) is 3.59. The van der Waals surface area contributed by atoms with E-state index in [1.807, 2.05) is 0 Å². The van der Waals surface area contributed by atoms with Crippen molar-refractivity contribution in [2.45, 2.75) is 43.1 Å². The smallest absolute Gasteiger partial charge is 0.352 e. The number of carbonyl (C=O) groups is 2. The van der Waals surface area contributed by atoms with Crippen LogP contribution in [0.4, 0.5) is 18.9 Å². The number of alkyl halides is 2. The highest BCUT2D eigenvalue weighted by Gasteiger charge is 2.65. The molecule has 2 heterocycles. The number of hydrogen-bond acceptors (Lipinski definition) is 5. The predicted molar refractivity (Wildman–Crippen MR) is 123 cm³/mol. The van der Waals surface area contributed by atoms with Gasteiger partial charge >= 0.3 is 5.92 Å². The maximum absolute atomic E-state index is 15.1. The van der Waals surface area contributed by atoms with Crippen LogP contribution in [0.1, 0.15) is 47.8 Å². The van der Waals surface area contributed by atoms with Gasteiger partial charge in [0.2, 0.25) is 0 Å². The van der Waals surface area contributed by atoms with E-state index >= 15 is 8.78 Å². The quantitative estimate of drug-likeness (QED) is 0.621. The van der Waals surface area contributed by atoms with Gasteiger partial charge < -0.3 is 24.6 Å². The standard InChI is InChI=1S/C24H26ClF3N4O4/c1-31-11-29-19(20(31)21(33)30-16-2-3-18(26)17(25)8-16)13-6-14-9-23(35,10-15(14)7-13)24(27,28)22(34)32-4-5-36-12-32/h2-3,8,11,13-15,35H,4-7,9-10,12H2,1H3,(H,30,33). The van der Waals surface area contributed by atoms with E-state index < -0.39 is 29.2 Å². The zero-order valence-corrected chi connectivity index (χ0v) is 20.3. The lowest BCUT2D eigenvalue weighted by molar-refractivity contribution is -0.202. The number of anilines is 1. The summed E-state index contributed by atoms with van der Waals surface area (Å²) in [5.74, 6) is -7.00. The number of aryl methyl sites for hydroxylation is 1. The summed E-state index contributed by atoms with van der Waals surface area (Å²) >= 11 is 5.81. The molecule has 2 aromatic rings. The number of rotatable bonds is 5. The molecule has 0 radical (unpaired) electrons. The highest BCUT2D eigenvalue weighted by molar-refractivity contribution is 6.31. The first-order valence-corrected chi connectivity index (χ1v) is 12.1. The van der Waals surface area contributed by atoms with Crippen molar-refractivity contribution >= 4 is 29.1 Å². The van der Waals surface area contributed by atoms with E-state index in [2.05, 4.69) is 10.3 Å². The number of ether oxygens (including phenoxy) is 1. The fourth-order valence-electron chi connectivity index (χ4n) is 5.90. The van der Waals surface area contributed by atoms with Gasteiger partial charge in [-0.05, 0) is 55.7 Å². The molecule has 1 aromatic heterocycles. The Hall–Kier alpha value is -2.63. The van der Waals surface area contributed by atoms with Crippen LogP contribution in [0.25, 0.3) is 0 Å². The lowest BCUT2D eigenvalue weighted by atomic mass is 9.87. The summed E-state index contributed by atoms with van der Waals surface area (Å²) in [4.78, 5) is 30.8. The zero-order valence-electron chi connectivity index (χ0n) is 19.5. The lowest BCUT2D eigenvalue weighted by Gasteiger charge is -2.34. The topological polar surface area (TPSA) is 96.7 Å². The number of aromatic nitrogens is 2. The summed E-state index contributed by atoms with van der Waals surface area (Å²) in [6.45, 7) is 0.0729. The lowest BCUT2D eigenvalue weighted by Crippen LogP contribution is -2.57. The van der Waals surface area contributed by atoms with Gasteiger partial charge in [0.05, 0.1) is 23.7 Å². The van der Waals surface area contributed by atoms with Crippen molar-refractivity contribution in [3.8, 4) is 0 Å². The third kappa shape index (κ3) is 4.16. The number of nitrogens with zero attached hydrogens (tertiary/aromatic N) is 3. The fourth-order valence-corrected chi connectivity index (χ4v) is 6.08. The van der Waals surface area contributed by atoms with Crippen LogP contribution in [0.15, 0.2) is 24.5 Å². The van der Waals surface area contributed by atoms with Crippen molar-refractivity contribution in [2.24, 2.45) is 18.9 Å². The summed E-state index contributed by atoms with van der Waals surface area (Å²) in [6, 6.07) is 3.85. The molecule has 3 fully saturated rings. The molecule has 2 saturated carbocycles. The molecule has 5 rings (SSSR count). The minimum absolute atomic E-state index is 0.0775. The van der Waals surface area contributed by atoms with E-state index in [4.69, 9.17) is 16.3 Å². The number of imidazole rings is 1. The molecule has 194 valence electrons. The largest absolute Gasteiger partial charge is 0.383 e. The van der Waals surface area contributed by atoms with Gasteiger partial charge in [0.1, 0.15) is 23.8 Å². The molecule has 2 unspecified atom stereocenters. The molecule has 12 heteroatoms. The summed E-state index contributed by atoms with van der Waals surface area (Å²) in [5.41, 5.74) is -1.25. The van der Waals surface area contributed by atoms with Crippen molar-refractivity contribution in [1.29, 1.82) is 0 Å². The molecule has 2 N–H and O–H groups in total. The van der Waals surface area contributed by atoms with E-state index in [0.29, 0.717) is 29.9 Å². The Balaban J connectivity index is 1.29. The number of amides is 2. The van der Waals surface area contributed by atoms with E-state index in [0.717, 1.165) is 11.0 Å². The first-order valence-electron chi connectivity index (χ1n) is 11.7. The number of benzene rings is 1. The molecule has 1 aliphatic heterocycles. The molecule has 0 bridgehead atoms. The number of fused-ring (bicyclic) bond motifs is 1. The van der Waals surface area contributed by atoms with Gasteiger partial charge in [0.15, 0.2) is 0 Å². The fraction of sp³-hybridized carbons (Fsp3) is 0.542. The molecule has 1 saturated heterocycles. The summed E-state index contributed by atoms with van der Waals surface area (Å²) in [7, 11) is 1.67. The minimum Gasteiger partial charge on any atom is -0.383 e. The van der Waals surface area contributed by atoms with Crippen molar-refractivity contribution in [1.82, 2.24) is 14.5 Å². The normalized spacial score (nSPS) is 27.9. The highest BCUT2D eigenvalue weighted by atomic mass is 35.5. The zero-order chi connectivity index (χ0) is 25.8. The second-order valence-electron chi connectivity index (χ2n) is 9.98. The Bertz CT molecular complexity index is 1190. The van der Waals surface area contributed by atoms with Crippen LogP contribution in [0, 0.1) is 17.7 Å². The number of carbonyl (C=O) groups excluding carboxylic acids is 2. The van der Waals surface area contributed by atoms with Crippen LogP contribution in [-0.2, 0) is 16.6 Å². The van der Waals surface area contributed by atoms with Crippen LogP contribution < -0.4 is 5.32 Å². The number of nitrogens with one attached hydrogen (secondary N) is 1. The first kappa shape index (κ1) is 25.0. The molecule has 2 amide bonds. The summed E-state index contributed by atoms with van der Waals surface area (Å²) in [5, 5.41) is 13.5. The van der Waals surface area contributed by atoms with Gasteiger partial charge in [-0.1, -0.05) is 11.6 Å².